The zero-order valence-corrected chi connectivity index (χ0v) is 13.4. The van der Waals surface area contributed by atoms with Gasteiger partial charge in [0.2, 0.25) is 10.0 Å². The molecule has 2 rings (SSSR count). The van der Waals surface area contributed by atoms with Crippen LogP contribution in [0.2, 0.25) is 0 Å². The highest BCUT2D eigenvalue weighted by molar-refractivity contribution is 7.89. The summed E-state index contributed by atoms with van der Waals surface area (Å²) in [5, 5.41) is 0. The zero-order valence-electron chi connectivity index (χ0n) is 12.6. The summed E-state index contributed by atoms with van der Waals surface area (Å²) in [6.45, 7) is -0.332. The molecule has 0 aliphatic heterocycles. The van der Waals surface area contributed by atoms with E-state index in [-0.39, 0.29) is 17.0 Å². The number of sulfonamides is 1. The van der Waals surface area contributed by atoms with E-state index in [0.717, 1.165) is 33.3 Å². The molecule has 0 radical (unpaired) electrons. The predicted octanol–water partition coefficient (Wildman–Crippen LogP) is 1.12. The average Bonchev–Trinajstić information content (AvgIpc) is 2.49. The molecule has 0 fully saturated rings. The van der Waals surface area contributed by atoms with Crippen molar-refractivity contribution in [1.82, 2.24) is 8.87 Å². The number of benzene rings is 1. The standard InChI is InChI=1S/C15H15FN2O4S/c1-17(2)23(21,22)13-7-8-15(20)18(9-13)10-14(19)11-3-5-12(16)6-4-11/h3-9H,10H2,1-2H3. The molecule has 1 aromatic heterocycles. The van der Waals surface area contributed by atoms with Crippen LogP contribution in [0.1, 0.15) is 10.4 Å². The third-order valence-electron chi connectivity index (χ3n) is 3.22. The number of hydrogen-bond acceptors (Lipinski definition) is 4. The fourth-order valence-corrected chi connectivity index (χ4v) is 2.80. The monoisotopic (exact) mass is 338 g/mol. The highest BCUT2D eigenvalue weighted by Crippen LogP contribution is 2.11. The van der Waals surface area contributed by atoms with Gasteiger partial charge in [0.1, 0.15) is 5.82 Å². The maximum atomic E-state index is 12.9. The van der Waals surface area contributed by atoms with Crippen molar-refractivity contribution in [3.8, 4) is 0 Å². The van der Waals surface area contributed by atoms with Crippen molar-refractivity contribution in [2.75, 3.05) is 14.1 Å². The number of pyridine rings is 1. The molecule has 0 bridgehead atoms. The number of carbonyl (C=O) groups excluding carboxylic acids is 1. The molecule has 1 heterocycles. The van der Waals surface area contributed by atoms with Gasteiger partial charge in [-0.2, -0.15) is 0 Å². The van der Waals surface area contributed by atoms with Crippen molar-refractivity contribution >= 4 is 15.8 Å². The van der Waals surface area contributed by atoms with Gasteiger partial charge in [0.05, 0.1) is 11.4 Å². The maximum absolute atomic E-state index is 12.9. The molecule has 0 aliphatic carbocycles. The average molecular weight is 338 g/mol. The summed E-state index contributed by atoms with van der Waals surface area (Å²) in [7, 11) is -0.970. The smallest absolute Gasteiger partial charge is 0.251 e. The second-order valence-electron chi connectivity index (χ2n) is 5.05. The van der Waals surface area contributed by atoms with Crippen molar-refractivity contribution in [2.24, 2.45) is 0 Å². The number of aromatic nitrogens is 1. The van der Waals surface area contributed by atoms with E-state index in [1.807, 2.05) is 0 Å². The molecule has 8 heteroatoms. The van der Waals surface area contributed by atoms with Crippen LogP contribution in [0.5, 0.6) is 0 Å². The number of hydrogen-bond donors (Lipinski definition) is 0. The summed E-state index contributed by atoms with van der Waals surface area (Å²) >= 11 is 0. The minimum absolute atomic E-state index is 0.0889. The van der Waals surface area contributed by atoms with Gasteiger partial charge < -0.3 is 4.57 Å². The van der Waals surface area contributed by atoms with Crippen LogP contribution in [0, 0.1) is 5.82 Å². The lowest BCUT2D eigenvalue weighted by atomic mass is 10.1. The van der Waals surface area contributed by atoms with Crippen molar-refractivity contribution in [3.05, 3.63) is 64.3 Å². The second kappa shape index (κ2) is 6.43. The Labute approximate surface area is 132 Å². The van der Waals surface area contributed by atoms with Crippen molar-refractivity contribution in [3.63, 3.8) is 0 Å². The summed E-state index contributed by atoms with van der Waals surface area (Å²) in [6, 6.07) is 7.18. The second-order valence-corrected chi connectivity index (χ2v) is 7.20. The first-order valence-electron chi connectivity index (χ1n) is 6.63. The van der Waals surface area contributed by atoms with Gasteiger partial charge in [-0.15, -0.1) is 0 Å². The molecule has 122 valence electrons. The number of halogens is 1. The van der Waals surface area contributed by atoms with Crippen LogP contribution < -0.4 is 5.56 Å². The SMILES string of the molecule is CN(C)S(=O)(=O)c1ccc(=O)n(CC(=O)c2ccc(F)cc2)c1. The van der Waals surface area contributed by atoms with Gasteiger partial charge in [-0.05, 0) is 30.3 Å². The molecule has 0 atom stereocenters. The van der Waals surface area contributed by atoms with Gasteiger partial charge in [0, 0.05) is 31.9 Å². The number of carbonyl (C=O) groups is 1. The van der Waals surface area contributed by atoms with Crippen molar-refractivity contribution in [1.29, 1.82) is 0 Å². The zero-order chi connectivity index (χ0) is 17.2. The summed E-state index contributed by atoms with van der Waals surface area (Å²) in [4.78, 5) is 23.9. The quantitative estimate of drug-likeness (QED) is 0.766. The molecule has 0 unspecified atom stereocenters. The van der Waals surface area contributed by atoms with Gasteiger partial charge in [-0.1, -0.05) is 0 Å². The molecule has 0 N–H and O–H groups in total. The maximum Gasteiger partial charge on any atom is 0.251 e. The first-order chi connectivity index (χ1) is 10.7. The first kappa shape index (κ1) is 17.0. The van der Waals surface area contributed by atoms with Crippen LogP contribution in [0.15, 0.2) is 52.3 Å². The van der Waals surface area contributed by atoms with Gasteiger partial charge in [-0.25, -0.2) is 17.1 Å². The van der Waals surface area contributed by atoms with Crippen LogP contribution >= 0.6 is 0 Å². The molecular formula is C15H15FN2O4S. The van der Waals surface area contributed by atoms with Crippen LogP contribution in [-0.4, -0.2) is 37.2 Å². The normalized spacial score (nSPS) is 11.7. The van der Waals surface area contributed by atoms with Gasteiger partial charge in [0.15, 0.2) is 5.78 Å². The lowest BCUT2D eigenvalue weighted by Gasteiger charge is -2.13. The molecule has 0 aliphatic rings. The van der Waals surface area contributed by atoms with E-state index in [4.69, 9.17) is 0 Å². The Kier molecular flexibility index (Phi) is 4.76. The minimum atomic E-state index is -3.71. The Morgan fingerprint density at radius 2 is 1.74 bits per heavy atom. The largest absolute Gasteiger partial charge is 0.306 e. The van der Waals surface area contributed by atoms with E-state index in [2.05, 4.69) is 0 Å². The summed E-state index contributed by atoms with van der Waals surface area (Å²) in [5.74, 6) is -0.899. The molecule has 0 amide bonds. The Bertz CT molecular complexity index is 886. The number of ketones is 1. The summed E-state index contributed by atoms with van der Waals surface area (Å²) < 4.78 is 39.0. The molecule has 1 aromatic carbocycles. The molecule has 0 spiro atoms. The minimum Gasteiger partial charge on any atom is -0.306 e. The topological polar surface area (TPSA) is 76.5 Å². The fraction of sp³-hybridized carbons (Fsp3) is 0.200. The fourth-order valence-electron chi connectivity index (χ4n) is 1.88. The first-order valence-corrected chi connectivity index (χ1v) is 8.07. The van der Waals surface area contributed by atoms with E-state index >= 15 is 0 Å². The summed E-state index contributed by atoms with van der Waals surface area (Å²) in [6.07, 6.45) is 1.12. The Balaban J connectivity index is 2.35. The Hall–Kier alpha value is -2.32. The van der Waals surface area contributed by atoms with Crippen LogP contribution in [-0.2, 0) is 16.6 Å². The third kappa shape index (κ3) is 3.72. The lowest BCUT2D eigenvalue weighted by Crippen LogP contribution is -2.27. The Morgan fingerprint density at radius 3 is 2.30 bits per heavy atom. The number of Topliss-reactive ketones (excluding diaryl/α,β-unsaturated/α-hetero) is 1. The van der Waals surface area contributed by atoms with E-state index in [9.17, 15) is 22.4 Å². The summed E-state index contributed by atoms with van der Waals surface area (Å²) in [5.41, 5.74) is -0.266. The molecule has 6 nitrogen and oxygen atoms in total. The van der Waals surface area contributed by atoms with Crippen LogP contribution in [0.3, 0.4) is 0 Å². The van der Waals surface area contributed by atoms with E-state index in [0.29, 0.717) is 0 Å². The van der Waals surface area contributed by atoms with Crippen LogP contribution in [0.25, 0.3) is 0 Å². The predicted molar refractivity (Wildman–Crippen MR) is 82.3 cm³/mol. The van der Waals surface area contributed by atoms with E-state index in [1.165, 1.54) is 32.3 Å². The molecule has 2 aromatic rings. The third-order valence-corrected chi connectivity index (χ3v) is 5.01. The Morgan fingerprint density at radius 1 is 1.13 bits per heavy atom. The van der Waals surface area contributed by atoms with Crippen molar-refractivity contribution < 1.29 is 17.6 Å². The van der Waals surface area contributed by atoms with Crippen molar-refractivity contribution in [2.45, 2.75) is 11.4 Å². The van der Waals surface area contributed by atoms with Crippen LogP contribution in [0.4, 0.5) is 4.39 Å². The van der Waals surface area contributed by atoms with E-state index < -0.39 is 27.2 Å². The number of nitrogens with zero attached hydrogens (tertiary/aromatic N) is 2. The molecule has 23 heavy (non-hydrogen) atoms. The number of rotatable bonds is 5. The molecule has 0 saturated heterocycles. The van der Waals surface area contributed by atoms with Gasteiger partial charge in [0.25, 0.3) is 5.56 Å². The highest BCUT2D eigenvalue weighted by Gasteiger charge is 2.19. The highest BCUT2D eigenvalue weighted by atomic mass is 32.2. The van der Waals surface area contributed by atoms with E-state index in [1.54, 1.807) is 0 Å². The molecular weight excluding hydrogens is 323 g/mol. The molecule has 0 saturated carbocycles. The van der Waals surface area contributed by atoms with Gasteiger partial charge in [-0.3, -0.25) is 9.59 Å². The van der Waals surface area contributed by atoms with Gasteiger partial charge >= 0.3 is 0 Å². The lowest BCUT2D eigenvalue weighted by molar-refractivity contribution is 0.0970.